The van der Waals surface area contributed by atoms with Crippen molar-refractivity contribution >= 4 is 26.6 Å². The first kappa shape index (κ1) is 17.5. The summed E-state index contributed by atoms with van der Waals surface area (Å²) in [4.78, 5) is 14.5. The number of carbonyl (C=O) groups excluding carboxylic acids is 1. The minimum atomic E-state index is -3.19. The van der Waals surface area contributed by atoms with Gasteiger partial charge in [-0.2, -0.15) is 0 Å². The monoisotopic (exact) mass is 376 g/mol. The van der Waals surface area contributed by atoms with Crippen LogP contribution in [0.5, 0.6) is 0 Å². The van der Waals surface area contributed by atoms with Crippen molar-refractivity contribution in [2.45, 2.75) is 18.1 Å². The van der Waals surface area contributed by atoms with E-state index < -0.39 is 14.6 Å². The van der Waals surface area contributed by atoms with Gasteiger partial charge in [-0.25, -0.2) is 8.42 Å². The Bertz CT molecular complexity index is 957. The lowest BCUT2D eigenvalue weighted by Crippen LogP contribution is -2.68. The molecule has 0 bridgehead atoms. The van der Waals surface area contributed by atoms with E-state index in [1.54, 1.807) is 4.90 Å². The standard InChI is InChI=1S/C19H24N2O4S/c1-3-25-11-16-7-9-26(23,24)19(16)12-21(13-19)18(22)15-4-5-17-14(10-15)6-8-20(17)2/h4-6,8,10,16H,3,7,9,11-13H2,1-2H3/t16-/m0/s1. The summed E-state index contributed by atoms with van der Waals surface area (Å²) in [5.41, 5.74) is 1.67. The van der Waals surface area contributed by atoms with E-state index in [9.17, 15) is 13.2 Å². The third-order valence-electron chi connectivity index (χ3n) is 5.96. The minimum Gasteiger partial charge on any atom is -0.381 e. The zero-order valence-corrected chi connectivity index (χ0v) is 16.0. The summed E-state index contributed by atoms with van der Waals surface area (Å²) >= 11 is 0. The fourth-order valence-electron chi connectivity index (χ4n) is 4.31. The molecule has 2 aliphatic rings. The molecule has 3 heterocycles. The number of sulfone groups is 1. The highest BCUT2D eigenvalue weighted by Gasteiger charge is 2.62. The average Bonchev–Trinajstić information content (AvgIpc) is 3.07. The van der Waals surface area contributed by atoms with Gasteiger partial charge in [0.05, 0.1) is 12.4 Å². The van der Waals surface area contributed by atoms with Crippen LogP contribution in [-0.2, 0) is 21.6 Å². The van der Waals surface area contributed by atoms with Crippen LogP contribution in [0.2, 0.25) is 0 Å². The average molecular weight is 376 g/mol. The van der Waals surface area contributed by atoms with Crippen LogP contribution in [0.15, 0.2) is 30.5 Å². The molecule has 0 unspecified atom stereocenters. The molecule has 26 heavy (non-hydrogen) atoms. The molecule has 2 saturated heterocycles. The van der Waals surface area contributed by atoms with Crippen LogP contribution in [0, 0.1) is 5.92 Å². The maximum atomic E-state index is 12.8. The molecule has 0 saturated carbocycles. The Morgan fingerprint density at radius 3 is 2.81 bits per heavy atom. The number of hydrogen-bond donors (Lipinski definition) is 0. The van der Waals surface area contributed by atoms with Crippen LogP contribution in [-0.4, -0.2) is 60.6 Å². The lowest BCUT2D eigenvalue weighted by atomic mass is 9.83. The lowest BCUT2D eigenvalue weighted by molar-refractivity contribution is 0.0271. The van der Waals surface area contributed by atoms with Gasteiger partial charge in [0.1, 0.15) is 4.75 Å². The Balaban J connectivity index is 1.54. The highest BCUT2D eigenvalue weighted by Crippen LogP contribution is 2.45. The first-order valence-electron chi connectivity index (χ1n) is 9.02. The molecule has 7 heteroatoms. The molecule has 0 N–H and O–H groups in total. The van der Waals surface area contributed by atoms with Crippen molar-refractivity contribution in [1.29, 1.82) is 0 Å². The van der Waals surface area contributed by atoms with E-state index in [4.69, 9.17) is 4.74 Å². The number of aryl methyl sites for hydroxylation is 1. The van der Waals surface area contributed by atoms with Gasteiger partial charge in [-0.15, -0.1) is 0 Å². The molecule has 0 aliphatic carbocycles. The summed E-state index contributed by atoms with van der Waals surface area (Å²) in [5.74, 6) is 0.0784. The minimum absolute atomic E-state index is 0.0203. The molecule has 1 aromatic heterocycles. The number of ether oxygens (including phenoxy) is 1. The largest absolute Gasteiger partial charge is 0.381 e. The summed E-state index contributed by atoms with van der Waals surface area (Å²) in [5, 5.41) is 1.01. The van der Waals surface area contributed by atoms with E-state index in [1.165, 1.54) is 0 Å². The highest BCUT2D eigenvalue weighted by atomic mass is 32.2. The van der Waals surface area contributed by atoms with E-state index in [-0.39, 0.29) is 30.7 Å². The normalized spacial score (nSPS) is 23.5. The molecule has 1 atom stereocenters. The Morgan fingerprint density at radius 1 is 1.31 bits per heavy atom. The number of likely N-dealkylation sites (tertiary alicyclic amines) is 1. The lowest BCUT2D eigenvalue weighted by Gasteiger charge is -2.49. The van der Waals surface area contributed by atoms with Crippen LogP contribution in [0.25, 0.3) is 10.9 Å². The number of fused-ring (bicyclic) bond motifs is 1. The molecule has 2 aromatic rings. The summed E-state index contributed by atoms with van der Waals surface area (Å²) in [6.45, 7) is 3.49. The van der Waals surface area contributed by atoms with Gasteiger partial charge in [0, 0.05) is 55.3 Å². The van der Waals surface area contributed by atoms with E-state index in [0.29, 0.717) is 25.2 Å². The van der Waals surface area contributed by atoms with E-state index in [1.807, 2.05) is 49.0 Å². The quantitative estimate of drug-likeness (QED) is 0.817. The maximum absolute atomic E-state index is 12.8. The molecule has 2 aliphatic heterocycles. The van der Waals surface area contributed by atoms with Crippen LogP contribution in [0.1, 0.15) is 23.7 Å². The second-order valence-corrected chi connectivity index (χ2v) is 9.84. The van der Waals surface area contributed by atoms with Crippen molar-refractivity contribution in [1.82, 2.24) is 9.47 Å². The van der Waals surface area contributed by atoms with Gasteiger partial charge in [0.2, 0.25) is 0 Å². The topological polar surface area (TPSA) is 68.6 Å². The molecule has 140 valence electrons. The van der Waals surface area contributed by atoms with Gasteiger partial charge < -0.3 is 14.2 Å². The predicted octanol–water partition coefficient (Wildman–Crippen LogP) is 1.84. The molecule has 4 rings (SSSR count). The van der Waals surface area contributed by atoms with Crippen molar-refractivity contribution in [2.24, 2.45) is 13.0 Å². The van der Waals surface area contributed by atoms with Crippen molar-refractivity contribution < 1.29 is 17.9 Å². The number of hydrogen-bond acceptors (Lipinski definition) is 4. The number of rotatable bonds is 4. The van der Waals surface area contributed by atoms with Crippen LogP contribution in [0.4, 0.5) is 0 Å². The Kier molecular flexibility index (Phi) is 4.11. The fraction of sp³-hybridized carbons (Fsp3) is 0.526. The summed E-state index contributed by atoms with van der Waals surface area (Å²) in [7, 11) is -1.22. The van der Waals surface area contributed by atoms with Gasteiger partial charge in [0.25, 0.3) is 5.91 Å². The van der Waals surface area contributed by atoms with E-state index >= 15 is 0 Å². The van der Waals surface area contributed by atoms with Gasteiger partial charge in [-0.1, -0.05) is 0 Å². The first-order valence-corrected chi connectivity index (χ1v) is 10.7. The van der Waals surface area contributed by atoms with Gasteiger partial charge >= 0.3 is 0 Å². The Hall–Kier alpha value is -1.86. The van der Waals surface area contributed by atoms with E-state index in [2.05, 4.69) is 0 Å². The third kappa shape index (κ3) is 2.48. The molecule has 1 aromatic carbocycles. The molecule has 1 spiro atoms. The predicted molar refractivity (Wildman–Crippen MR) is 99.9 cm³/mol. The van der Waals surface area contributed by atoms with Gasteiger partial charge in [-0.3, -0.25) is 4.79 Å². The summed E-state index contributed by atoms with van der Waals surface area (Å²) < 4.78 is 31.9. The SMILES string of the molecule is CCOC[C@@H]1CCS(=O)(=O)C12CN(C(=O)c1ccc3c(ccn3C)c1)C2. The van der Waals surface area contributed by atoms with Crippen LogP contribution in [0.3, 0.4) is 0 Å². The first-order chi connectivity index (χ1) is 12.4. The van der Waals surface area contributed by atoms with Gasteiger partial charge in [-0.05, 0) is 37.6 Å². The van der Waals surface area contributed by atoms with Crippen molar-refractivity contribution in [3.8, 4) is 0 Å². The molecular weight excluding hydrogens is 352 g/mol. The van der Waals surface area contributed by atoms with Crippen molar-refractivity contribution in [3.63, 3.8) is 0 Å². The zero-order valence-electron chi connectivity index (χ0n) is 15.1. The number of carbonyl (C=O) groups is 1. The third-order valence-corrected chi connectivity index (χ3v) is 8.56. The molecule has 2 fully saturated rings. The second kappa shape index (κ2) is 6.09. The van der Waals surface area contributed by atoms with Gasteiger partial charge in [0.15, 0.2) is 9.84 Å². The summed E-state index contributed by atoms with van der Waals surface area (Å²) in [6.07, 6.45) is 2.58. The number of amides is 1. The number of benzene rings is 1. The van der Waals surface area contributed by atoms with Crippen LogP contribution >= 0.6 is 0 Å². The Labute approximate surface area is 153 Å². The molecular formula is C19H24N2O4S. The molecule has 1 amide bonds. The number of nitrogens with zero attached hydrogens (tertiary/aromatic N) is 2. The van der Waals surface area contributed by atoms with Crippen LogP contribution < -0.4 is 0 Å². The fourth-order valence-corrected chi connectivity index (χ4v) is 6.71. The smallest absolute Gasteiger partial charge is 0.253 e. The maximum Gasteiger partial charge on any atom is 0.253 e. The molecule has 0 radical (unpaired) electrons. The highest BCUT2D eigenvalue weighted by molar-refractivity contribution is 7.93. The zero-order chi connectivity index (χ0) is 18.5. The molecule has 6 nitrogen and oxygen atoms in total. The van der Waals surface area contributed by atoms with Crippen molar-refractivity contribution in [3.05, 3.63) is 36.0 Å². The number of aromatic nitrogens is 1. The van der Waals surface area contributed by atoms with E-state index in [0.717, 1.165) is 10.9 Å². The summed E-state index contributed by atoms with van der Waals surface area (Å²) in [6, 6.07) is 7.60. The Morgan fingerprint density at radius 2 is 2.08 bits per heavy atom. The van der Waals surface area contributed by atoms with Crippen molar-refractivity contribution in [2.75, 3.05) is 32.1 Å². The second-order valence-electron chi connectivity index (χ2n) is 7.39.